The number of rotatable bonds is 9. The topological polar surface area (TPSA) is 64.3 Å². The van der Waals surface area contributed by atoms with Gasteiger partial charge in [0.2, 0.25) is 5.91 Å². The minimum absolute atomic E-state index is 0.00628. The van der Waals surface area contributed by atoms with Gasteiger partial charge in [-0.3, -0.25) is 4.79 Å². The van der Waals surface area contributed by atoms with Crippen LogP contribution in [0.25, 0.3) is 0 Å². The van der Waals surface area contributed by atoms with Crippen LogP contribution >= 0.6 is 0 Å². The Bertz CT molecular complexity index is 405. The normalized spacial score (nSPS) is 10.2. The summed E-state index contributed by atoms with van der Waals surface area (Å²) >= 11 is 0. The van der Waals surface area contributed by atoms with E-state index in [-0.39, 0.29) is 5.91 Å². The number of carbonyl (C=O) groups is 1. The van der Waals surface area contributed by atoms with E-state index in [1.54, 1.807) is 0 Å². The summed E-state index contributed by atoms with van der Waals surface area (Å²) < 4.78 is 5.31. The van der Waals surface area contributed by atoms with Crippen molar-refractivity contribution in [2.45, 2.75) is 19.4 Å². The highest BCUT2D eigenvalue weighted by Gasteiger charge is 2.06. The predicted octanol–water partition coefficient (Wildman–Crippen LogP) is 1.40. The zero-order valence-electron chi connectivity index (χ0n) is 11.2. The fourth-order valence-electron chi connectivity index (χ4n) is 1.70. The number of amides is 1. The van der Waals surface area contributed by atoms with Crippen LogP contribution in [0.4, 0.5) is 0 Å². The van der Waals surface area contributed by atoms with Gasteiger partial charge in [0, 0.05) is 13.1 Å². The van der Waals surface area contributed by atoms with Gasteiger partial charge in [0.15, 0.2) is 0 Å². The third-order valence-electron chi connectivity index (χ3n) is 2.72. The first-order valence-electron chi connectivity index (χ1n) is 6.50. The molecule has 0 bridgehead atoms. The van der Waals surface area contributed by atoms with Crippen molar-refractivity contribution in [1.82, 2.24) is 5.32 Å². The summed E-state index contributed by atoms with van der Waals surface area (Å²) in [5, 5.41) is 2.83. The molecular weight excluding hydrogens is 240 g/mol. The van der Waals surface area contributed by atoms with Crippen molar-refractivity contribution in [3.63, 3.8) is 0 Å². The quantitative estimate of drug-likeness (QED) is 0.522. The maximum Gasteiger partial charge on any atom is 0.224 e. The van der Waals surface area contributed by atoms with Crippen LogP contribution in [-0.4, -0.2) is 25.7 Å². The Hall–Kier alpha value is -1.65. The Morgan fingerprint density at radius 2 is 2.05 bits per heavy atom. The van der Waals surface area contributed by atoms with E-state index in [9.17, 15) is 4.79 Å². The van der Waals surface area contributed by atoms with Crippen LogP contribution in [0.5, 0.6) is 0 Å². The number of nitrogens with two attached hydrogens (primary N) is 1. The van der Waals surface area contributed by atoms with Crippen molar-refractivity contribution in [3.05, 3.63) is 48.0 Å². The third kappa shape index (κ3) is 6.18. The zero-order chi connectivity index (χ0) is 13.9. The van der Waals surface area contributed by atoms with E-state index in [1.807, 2.05) is 30.3 Å². The number of hydrogen-bond acceptors (Lipinski definition) is 3. The van der Waals surface area contributed by atoms with Crippen molar-refractivity contribution in [2.24, 2.45) is 5.73 Å². The van der Waals surface area contributed by atoms with Crippen molar-refractivity contribution in [2.75, 3.05) is 19.8 Å². The van der Waals surface area contributed by atoms with Crippen molar-refractivity contribution < 1.29 is 9.53 Å². The first kappa shape index (κ1) is 15.4. The fraction of sp³-hybridized carbons (Fsp3) is 0.400. The molecule has 104 valence electrons. The van der Waals surface area contributed by atoms with Gasteiger partial charge < -0.3 is 15.8 Å². The van der Waals surface area contributed by atoms with Crippen molar-refractivity contribution in [1.29, 1.82) is 0 Å². The van der Waals surface area contributed by atoms with Gasteiger partial charge in [0.05, 0.1) is 19.6 Å². The molecule has 0 saturated heterocycles. The molecule has 1 aromatic rings. The highest BCUT2D eigenvalue weighted by Crippen LogP contribution is 2.08. The Labute approximate surface area is 114 Å². The molecule has 19 heavy (non-hydrogen) atoms. The van der Waals surface area contributed by atoms with Crippen molar-refractivity contribution in [3.8, 4) is 0 Å². The second kappa shape index (κ2) is 9.30. The third-order valence-corrected chi connectivity index (χ3v) is 2.72. The Kier molecular flexibility index (Phi) is 7.54. The van der Waals surface area contributed by atoms with Crippen LogP contribution in [-0.2, 0) is 22.5 Å². The zero-order valence-corrected chi connectivity index (χ0v) is 11.2. The summed E-state index contributed by atoms with van der Waals surface area (Å²) in [6.45, 7) is 5.77. The van der Waals surface area contributed by atoms with Gasteiger partial charge in [0.1, 0.15) is 0 Å². The molecule has 3 N–H and O–H groups in total. The van der Waals surface area contributed by atoms with E-state index in [0.717, 1.165) is 17.5 Å². The predicted molar refractivity (Wildman–Crippen MR) is 76.7 cm³/mol. The van der Waals surface area contributed by atoms with Gasteiger partial charge >= 0.3 is 0 Å². The van der Waals surface area contributed by atoms with Gasteiger partial charge in [-0.25, -0.2) is 0 Å². The molecule has 0 radical (unpaired) electrons. The lowest BCUT2D eigenvalue weighted by Crippen LogP contribution is -2.29. The minimum atomic E-state index is -0.00628. The number of benzene rings is 1. The summed E-state index contributed by atoms with van der Waals surface area (Å²) in [6, 6.07) is 7.72. The molecule has 0 fully saturated rings. The summed E-state index contributed by atoms with van der Waals surface area (Å²) in [7, 11) is 0. The molecule has 1 amide bonds. The molecule has 0 saturated carbocycles. The van der Waals surface area contributed by atoms with Gasteiger partial charge in [-0.2, -0.15) is 0 Å². The van der Waals surface area contributed by atoms with Crippen LogP contribution in [0.15, 0.2) is 36.9 Å². The monoisotopic (exact) mass is 262 g/mol. The van der Waals surface area contributed by atoms with E-state index in [1.165, 1.54) is 0 Å². The minimum Gasteiger partial charge on any atom is -0.379 e. The fourth-order valence-corrected chi connectivity index (χ4v) is 1.70. The number of nitrogens with one attached hydrogen (secondary N) is 1. The smallest absolute Gasteiger partial charge is 0.224 e. The molecule has 0 atom stereocenters. The molecule has 0 aliphatic carbocycles. The second-order valence-electron chi connectivity index (χ2n) is 4.19. The van der Waals surface area contributed by atoms with E-state index in [2.05, 4.69) is 11.9 Å². The van der Waals surface area contributed by atoms with Crippen LogP contribution in [0.3, 0.4) is 0 Å². The highest BCUT2D eigenvalue weighted by atomic mass is 16.5. The molecule has 1 aromatic carbocycles. The average Bonchev–Trinajstić information content (AvgIpc) is 2.43. The Balaban J connectivity index is 2.25. The molecule has 0 heterocycles. The maximum absolute atomic E-state index is 11.7. The molecule has 0 aromatic heterocycles. The van der Waals surface area contributed by atoms with Crippen LogP contribution in [0.2, 0.25) is 0 Å². The van der Waals surface area contributed by atoms with E-state index < -0.39 is 0 Å². The Morgan fingerprint density at radius 1 is 1.32 bits per heavy atom. The van der Waals surface area contributed by atoms with Crippen LogP contribution < -0.4 is 11.1 Å². The SMILES string of the molecule is C=CCCOCCNC(=O)Cc1ccccc1CN. The van der Waals surface area contributed by atoms with Gasteiger partial charge in [-0.1, -0.05) is 30.3 Å². The van der Waals surface area contributed by atoms with Crippen molar-refractivity contribution >= 4 is 5.91 Å². The molecule has 4 nitrogen and oxygen atoms in total. The summed E-state index contributed by atoms with van der Waals surface area (Å²) in [5.41, 5.74) is 7.63. The molecule has 0 aliphatic heterocycles. The lowest BCUT2D eigenvalue weighted by Gasteiger charge is -2.08. The number of carbonyl (C=O) groups excluding carboxylic acids is 1. The van der Waals surface area contributed by atoms with Crippen LogP contribution in [0, 0.1) is 0 Å². The molecular formula is C15H22N2O2. The summed E-state index contributed by atoms with van der Waals surface area (Å²) in [6.07, 6.45) is 3.00. The lowest BCUT2D eigenvalue weighted by molar-refractivity contribution is -0.120. The number of hydrogen-bond donors (Lipinski definition) is 2. The molecule has 4 heteroatoms. The lowest BCUT2D eigenvalue weighted by atomic mass is 10.0. The van der Waals surface area contributed by atoms with Gasteiger partial charge in [-0.15, -0.1) is 6.58 Å². The Morgan fingerprint density at radius 3 is 2.74 bits per heavy atom. The van der Waals surface area contributed by atoms with E-state index >= 15 is 0 Å². The molecule has 0 aliphatic rings. The maximum atomic E-state index is 11.7. The second-order valence-corrected chi connectivity index (χ2v) is 4.19. The number of ether oxygens (including phenoxy) is 1. The largest absolute Gasteiger partial charge is 0.379 e. The van der Waals surface area contributed by atoms with Crippen LogP contribution in [0.1, 0.15) is 17.5 Å². The molecule has 1 rings (SSSR count). The first-order valence-corrected chi connectivity index (χ1v) is 6.50. The van der Waals surface area contributed by atoms with Gasteiger partial charge in [0.25, 0.3) is 0 Å². The highest BCUT2D eigenvalue weighted by molar-refractivity contribution is 5.78. The summed E-state index contributed by atoms with van der Waals surface area (Å²) in [5.74, 6) is -0.00628. The average molecular weight is 262 g/mol. The standard InChI is InChI=1S/C15H22N2O2/c1-2-3-9-19-10-8-17-15(18)11-13-6-4-5-7-14(13)12-16/h2,4-7H,1,3,8-12,16H2,(H,17,18). The summed E-state index contributed by atoms with van der Waals surface area (Å²) in [4.78, 5) is 11.7. The first-order chi connectivity index (χ1) is 9.27. The molecule has 0 unspecified atom stereocenters. The van der Waals surface area contributed by atoms with E-state index in [0.29, 0.717) is 32.7 Å². The molecule has 0 spiro atoms. The van der Waals surface area contributed by atoms with E-state index in [4.69, 9.17) is 10.5 Å². The van der Waals surface area contributed by atoms with Gasteiger partial charge in [-0.05, 0) is 17.5 Å².